The van der Waals surface area contributed by atoms with Gasteiger partial charge in [-0.1, -0.05) is 0 Å². The van der Waals surface area contributed by atoms with Crippen molar-refractivity contribution >= 4 is 27.7 Å². The van der Waals surface area contributed by atoms with Crippen LogP contribution in [0, 0.1) is 11.8 Å². The molecule has 3 heterocycles. The first-order chi connectivity index (χ1) is 13.5. The Morgan fingerprint density at radius 2 is 1.93 bits per heavy atom. The summed E-state index contributed by atoms with van der Waals surface area (Å²) in [7, 11) is 0. The number of carbonyl (C=O) groups is 2. The second kappa shape index (κ2) is 6.93. The van der Waals surface area contributed by atoms with Gasteiger partial charge in [0.2, 0.25) is 11.8 Å². The van der Waals surface area contributed by atoms with Crippen LogP contribution in [-0.4, -0.2) is 69.0 Å². The van der Waals surface area contributed by atoms with Crippen LogP contribution in [0.4, 0.5) is 4.39 Å². The number of rotatable bonds is 4. The number of nitrogens with zero attached hydrogens (tertiary/aromatic N) is 4. The maximum atomic E-state index is 13.4. The van der Waals surface area contributed by atoms with E-state index in [2.05, 4.69) is 25.9 Å². The lowest BCUT2D eigenvalue weighted by Gasteiger charge is -2.36. The Balaban J connectivity index is 1.24. The Bertz CT molecular complexity index is 794. The lowest BCUT2D eigenvalue weighted by Crippen LogP contribution is -2.53. The third-order valence-electron chi connectivity index (χ3n) is 6.23. The van der Waals surface area contributed by atoms with Gasteiger partial charge in [-0.25, -0.2) is 14.4 Å². The van der Waals surface area contributed by atoms with Crippen LogP contribution in [0.25, 0.3) is 0 Å². The average Bonchev–Trinajstić information content (AvgIpc) is 3.60. The molecular weight excluding hydrogens is 431 g/mol. The van der Waals surface area contributed by atoms with E-state index in [4.69, 9.17) is 4.74 Å². The first-order valence-corrected chi connectivity index (χ1v) is 10.7. The summed E-state index contributed by atoms with van der Waals surface area (Å²) < 4.78 is 20.0. The van der Waals surface area contributed by atoms with Crippen LogP contribution in [0.15, 0.2) is 16.9 Å². The van der Waals surface area contributed by atoms with Crippen molar-refractivity contribution in [1.82, 2.24) is 19.8 Å². The molecule has 1 aromatic heterocycles. The van der Waals surface area contributed by atoms with Crippen molar-refractivity contribution in [3.63, 3.8) is 0 Å². The van der Waals surface area contributed by atoms with Crippen LogP contribution in [0.5, 0.6) is 6.01 Å². The lowest BCUT2D eigenvalue weighted by molar-refractivity contribution is -0.147. The van der Waals surface area contributed by atoms with Gasteiger partial charge >= 0.3 is 6.01 Å². The molecule has 2 amide bonds. The SMILES string of the molecule is O=C([C@@H]1CC2C[C@@H]2N1C(=O)C1C[C@H]1F)N1CCCC(Oc2ncc(Br)cn2)C1. The number of amides is 2. The van der Waals surface area contributed by atoms with Gasteiger partial charge < -0.3 is 14.5 Å². The number of alkyl halides is 1. The molecule has 28 heavy (non-hydrogen) atoms. The smallest absolute Gasteiger partial charge is 0.316 e. The summed E-state index contributed by atoms with van der Waals surface area (Å²) in [5.74, 6) is -0.310. The fraction of sp³-hybridized carbons (Fsp3) is 0.684. The van der Waals surface area contributed by atoms with E-state index in [0.29, 0.717) is 37.9 Å². The summed E-state index contributed by atoms with van der Waals surface area (Å²) in [5, 5.41) is 0. The number of ether oxygens (including phenoxy) is 1. The minimum Gasteiger partial charge on any atom is -0.458 e. The van der Waals surface area contributed by atoms with E-state index in [0.717, 1.165) is 23.7 Å². The van der Waals surface area contributed by atoms with Crippen molar-refractivity contribution in [3.8, 4) is 6.01 Å². The number of halogens is 2. The van der Waals surface area contributed by atoms with Crippen LogP contribution in [0.3, 0.4) is 0 Å². The molecule has 2 saturated carbocycles. The largest absolute Gasteiger partial charge is 0.458 e. The predicted molar refractivity (Wildman–Crippen MR) is 100 cm³/mol. The number of hydrogen-bond donors (Lipinski definition) is 0. The summed E-state index contributed by atoms with van der Waals surface area (Å²) in [5.41, 5.74) is 0. The highest BCUT2D eigenvalue weighted by molar-refractivity contribution is 9.10. The van der Waals surface area contributed by atoms with Gasteiger partial charge in [-0.3, -0.25) is 9.59 Å². The van der Waals surface area contributed by atoms with Gasteiger partial charge in [-0.2, -0.15) is 0 Å². The first kappa shape index (κ1) is 18.3. The fourth-order valence-electron chi connectivity index (χ4n) is 4.56. The number of carbonyl (C=O) groups excluding carboxylic acids is 2. The quantitative estimate of drug-likeness (QED) is 0.697. The Labute approximate surface area is 170 Å². The number of aromatic nitrogens is 2. The molecule has 0 spiro atoms. The molecule has 6 atom stereocenters. The van der Waals surface area contributed by atoms with Crippen LogP contribution in [0.2, 0.25) is 0 Å². The predicted octanol–water partition coefficient (Wildman–Crippen LogP) is 1.96. The third-order valence-corrected chi connectivity index (χ3v) is 6.64. The van der Waals surface area contributed by atoms with Crippen molar-refractivity contribution < 1.29 is 18.7 Å². The summed E-state index contributed by atoms with van der Waals surface area (Å²) in [6, 6.07) is -0.00174. The van der Waals surface area contributed by atoms with Crippen molar-refractivity contribution in [1.29, 1.82) is 0 Å². The van der Waals surface area contributed by atoms with E-state index in [9.17, 15) is 14.0 Å². The normalized spacial score (nSPS) is 36.1. The molecule has 9 heteroatoms. The van der Waals surface area contributed by atoms with Crippen molar-refractivity contribution in [2.45, 2.75) is 56.5 Å². The molecule has 3 unspecified atom stereocenters. The summed E-state index contributed by atoms with van der Waals surface area (Å²) in [6.45, 7) is 1.12. The highest BCUT2D eigenvalue weighted by Gasteiger charge is 2.60. The Hall–Kier alpha value is -1.77. The van der Waals surface area contributed by atoms with Gasteiger partial charge in [-0.15, -0.1) is 0 Å². The van der Waals surface area contributed by atoms with Gasteiger partial charge in [0.25, 0.3) is 0 Å². The number of piperidine rings is 2. The number of hydrogen-bond acceptors (Lipinski definition) is 5. The molecule has 0 N–H and O–H groups in total. The molecule has 5 rings (SSSR count). The fourth-order valence-corrected chi connectivity index (χ4v) is 4.77. The van der Waals surface area contributed by atoms with Crippen LogP contribution in [-0.2, 0) is 9.59 Å². The molecule has 7 nitrogen and oxygen atoms in total. The third kappa shape index (κ3) is 3.38. The van der Waals surface area contributed by atoms with E-state index in [-0.39, 0.29) is 24.0 Å². The highest BCUT2D eigenvalue weighted by Crippen LogP contribution is 2.50. The lowest BCUT2D eigenvalue weighted by atomic mass is 10.0. The van der Waals surface area contributed by atoms with Gasteiger partial charge in [0.05, 0.1) is 16.9 Å². The van der Waals surface area contributed by atoms with Gasteiger partial charge in [-0.05, 0) is 54.0 Å². The van der Waals surface area contributed by atoms with Gasteiger partial charge in [0.15, 0.2) is 0 Å². The molecule has 2 saturated heterocycles. The number of fused-ring (bicyclic) bond motifs is 1. The van der Waals surface area contributed by atoms with Crippen molar-refractivity contribution in [2.75, 3.05) is 13.1 Å². The number of likely N-dealkylation sites (tertiary alicyclic amines) is 2. The minimum atomic E-state index is -1.03. The molecule has 2 aliphatic heterocycles. The Kier molecular flexibility index (Phi) is 4.52. The second-order valence-electron chi connectivity index (χ2n) is 8.27. The van der Waals surface area contributed by atoms with Crippen LogP contribution in [0.1, 0.15) is 32.1 Å². The molecule has 0 aromatic carbocycles. The highest BCUT2D eigenvalue weighted by atomic mass is 79.9. The van der Waals surface area contributed by atoms with E-state index in [1.807, 2.05) is 0 Å². The van der Waals surface area contributed by atoms with Gasteiger partial charge in [0, 0.05) is 25.0 Å². The summed E-state index contributed by atoms with van der Waals surface area (Å²) in [6.07, 6.45) is 5.67. The van der Waals surface area contributed by atoms with E-state index < -0.39 is 18.1 Å². The molecule has 2 aliphatic carbocycles. The maximum Gasteiger partial charge on any atom is 0.316 e. The summed E-state index contributed by atoms with van der Waals surface area (Å²) >= 11 is 3.29. The van der Waals surface area contributed by atoms with E-state index >= 15 is 0 Å². The maximum absolute atomic E-state index is 13.4. The van der Waals surface area contributed by atoms with Crippen molar-refractivity contribution in [2.24, 2.45) is 11.8 Å². The Morgan fingerprint density at radius 1 is 1.18 bits per heavy atom. The molecule has 4 aliphatic rings. The second-order valence-corrected chi connectivity index (χ2v) is 9.18. The molecular formula is C19H22BrFN4O3. The van der Waals surface area contributed by atoms with Crippen LogP contribution < -0.4 is 4.74 Å². The monoisotopic (exact) mass is 452 g/mol. The standard InChI is InChI=1S/C19H22BrFN4O3/c20-11-7-22-19(23-8-11)28-12-2-1-3-24(9-12)18(27)16-5-10-4-15(10)25(16)17(26)13-6-14(13)21/h7-8,10,12-16H,1-6,9H2/t10?,12?,13?,14-,15+,16+/m1/s1. The Morgan fingerprint density at radius 3 is 2.64 bits per heavy atom. The van der Waals surface area contributed by atoms with E-state index in [1.165, 1.54) is 0 Å². The zero-order chi connectivity index (χ0) is 19.4. The molecule has 0 bridgehead atoms. The minimum absolute atomic E-state index is 0.0263. The molecule has 4 fully saturated rings. The first-order valence-electron chi connectivity index (χ1n) is 9.90. The average molecular weight is 453 g/mol. The van der Waals surface area contributed by atoms with Crippen LogP contribution >= 0.6 is 15.9 Å². The molecule has 0 radical (unpaired) electrons. The molecule has 150 valence electrons. The van der Waals surface area contributed by atoms with Crippen molar-refractivity contribution in [3.05, 3.63) is 16.9 Å². The summed E-state index contributed by atoms with van der Waals surface area (Å²) in [4.78, 5) is 37.6. The zero-order valence-electron chi connectivity index (χ0n) is 15.3. The topological polar surface area (TPSA) is 75.6 Å². The molecule has 1 aromatic rings. The van der Waals surface area contributed by atoms with E-state index in [1.54, 1.807) is 22.2 Å². The zero-order valence-corrected chi connectivity index (χ0v) is 16.9. The van der Waals surface area contributed by atoms with Gasteiger partial charge in [0.1, 0.15) is 18.3 Å².